The molecular formula is C16H15BrClN3O5S. The summed E-state index contributed by atoms with van der Waals surface area (Å²) in [5, 5.41) is 2.48. The molecule has 0 unspecified atom stereocenters. The second-order valence-corrected chi connectivity index (χ2v) is 8.89. The second-order valence-electron chi connectivity index (χ2n) is 5.45. The SMILES string of the molecule is CN(C)S(=O)(=O)c1cc(NC(=O)COC(=O)c2cncc(Br)c2)ccc1Cl. The molecule has 0 bridgehead atoms. The first-order chi connectivity index (χ1) is 12.6. The fourth-order valence-electron chi connectivity index (χ4n) is 1.91. The molecule has 2 rings (SSSR count). The third-order valence-electron chi connectivity index (χ3n) is 3.25. The van der Waals surface area contributed by atoms with Gasteiger partial charge < -0.3 is 10.1 Å². The first-order valence-corrected chi connectivity index (χ1v) is 10.0. The van der Waals surface area contributed by atoms with Gasteiger partial charge in [0.2, 0.25) is 10.0 Å². The van der Waals surface area contributed by atoms with E-state index in [9.17, 15) is 18.0 Å². The van der Waals surface area contributed by atoms with Crippen LogP contribution in [0.3, 0.4) is 0 Å². The molecule has 0 spiro atoms. The van der Waals surface area contributed by atoms with E-state index in [-0.39, 0.29) is 21.2 Å². The molecule has 1 heterocycles. The lowest BCUT2D eigenvalue weighted by atomic mass is 10.3. The Bertz CT molecular complexity index is 982. The lowest BCUT2D eigenvalue weighted by Gasteiger charge is -2.14. The van der Waals surface area contributed by atoms with Crippen LogP contribution in [0.4, 0.5) is 5.69 Å². The van der Waals surface area contributed by atoms with Crippen molar-refractivity contribution in [3.05, 3.63) is 51.7 Å². The second kappa shape index (κ2) is 8.79. The average molecular weight is 477 g/mol. The van der Waals surface area contributed by atoms with Crippen molar-refractivity contribution in [2.24, 2.45) is 0 Å². The van der Waals surface area contributed by atoms with E-state index in [0.29, 0.717) is 4.47 Å². The molecule has 0 aliphatic rings. The van der Waals surface area contributed by atoms with E-state index in [2.05, 4.69) is 26.2 Å². The Morgan fingerprint density at radius 1 is 1.26 bits per heavy atom. The van der Waals surface area contributed by atoms with Crippen molar-refractivity contribution in [1.29, 1.82) is 0 Å². The smallest absolute Gasteiger partial charge is 0.340 e. The molecule has 1 amide bonds. The molecule has 0 aliphatic carbocycles. The molecule has 11 heteroatoms. The van der Waals surface area contributed by atoms with Crippen molar-refractivity contribution in [1.82, 2.24) is 9.29 Å². The van der Waals surface area contributed by atoms with Crippen LogP contribution in [0, 0.1) is 0 Å². The van der Waals surface area contributed by atoms with Gasteiger partial charge in [0.1, 0.15) is 4.90 Å². The number of esters is 1. The maximum absolute atomic E-state index is 12.2. The average Bonchev–Trinajstić information content (AvgIpc) is 2.61. The van der Waals surface area contributed by atoms with Gasteiger partial charge in [0.15, 0.2) is 6.61 Å². The molecule has 144 valence electrons. The van der Waals surface area contributed by atoms with Crippen LogP contribution in [0.1, 0.15) is 10.4 Å². The van der Waals surface area contributed by atoms with Gasteiger partial charge in [0, 0.05) is 36.6 Å². The minimum atomic E-state index is -3.78. The number of sulfonamides is 1. The van der Waals surface area contributed by atoms with E-state index in [4.69, 9.17) is 16.3 Å². The van der Waals surface area contributed by atoms with Crippen LogP contribution in [0.25, 0.3) is 0 Å². The van der Waals surface area contributed by atoms with Crippen LogP contribution in [-0.2, 0) is 19.6 Å². The summed E-state index contributed by atoms with van der Waals surface area (Å²) in [6, 6.07) is 5.53. The van der Waals surface area contributed by atoms with E-state index in [1.807, 2.05) is 0 Å². The Balaban J connectivity index is 2.05. The summed E-state index contributed by atoms with van der Waals surface area (Å²) < 4.78 is 31.0. The molecular weight excluding hydrogens is 462 g/mol. The van der Waals surface area contributed by atoms with E-state index < -0.39 is 28.5 Å². The Kier molecular flexibility index (Phi) is 6.93. The number of ether oxygens (including phenoxy) is 1. The number of aromatic nitrogens is 1. The highest BCUT2D eigenvalue weighted by molar-refractivity contribution is 9.10. The van der Waals surface area contributed by atoms with Gasteiger partial charge in [-0.15, -0.1) is 0 Å². The molecule has 0 saturated carbocycles. The van der Waals surface area contributed by atoms with Crippen molar-refractivity contribution >= 4 is 55.1 Å². The number of carbonyl (C=O) groups excluding carboxylic acids is 2. The van der Waals surface area contributed by atoms with Crippen molar-refractivity contribution in [2.45, 2.75) is 4.90 Å². The summed E-state index contributed by atoms with van der Waals surface area (Å²) in [6.45, 7) is -0.552. The molecule has 0 aliphatic heterocycles. The zero-order chi connectivity index (χ0) is 20.2. The summed E-state index contributed by atoms with van der Waals surface area (Å²) in [5.74, 6) is -1.35. The Hall–Kier alpha value is -2.01. The quantitative estimate of drug-likeness (QED) is 0.642. The van der Waals surface area contributed by atoms with Crippen LogP contribution in [0.5, 0.6) is 0 Å². The number of hydrogen-bond acceptors (Lipinski definition) is 6. The van der Waals surface area contributed by atoms with Crippen molar-refractivity contribution < 1.29 is 22.7 Å². The molecule has 1 aromatic carbocycles. The van der Waals surface area contributed by atoms with Crippen LogP contribution >= 0.6 is 27.5 Å². The maximum atomic E-state index is 12.2. The summed E-state index contributed by atoms with van der Waals surface area (Å²) in [6.07, 6.45) is 2.81. The first kappa shape index (κ1) is 21.3. The zero-order valence-corrected chi connectivity index (χ0v) is 17.4. The molecule has 8 nitrogen and oxygen atoms in total. The summed E-state index contributed by atoms with van der Waals surface area (Å²) in [5.41, 5.74) is 0.382. The number of nitrogens with one attached hydrogen (secondary N) is 1. The Labute approximate surface area is 169 Å². The van der Waals surface area contributed by atoms with Crippen LogP contribution < -0.4 is 5.32 Å². The van der Waals surface area contributed by atoms with Gasteiger partial charge in [-0.2, -0.15) is 0 Å². The number of pyridine rings is 1. The normalized spacial score (nSPS) is 11.3. The van der Waals surface area contributed by atoms with E-state index in [1.165, 1.54) is 50.8 Å². The highest BCUT2D eigenvalue weighted by atomic mass is 79.9. The number of amides is 1. The van der Waals surface area contributed by atoms with Gasteiger partial charge in [-0.25, -0.2) is 17.5 Å². The summed E-state index contributed by atoms with van der Waals surface area (Å²) in [7, 11) is -1.04. The predicted octanol–water partition coefficient (Wildman–Crippen LogP) is 2.54. The van der Waals surface area contributed by atoms with Gasteiger partial charge in [-0.1, -0.05) is 11.6 Å². The number of benzene rings is 1. The topological polar surface area (TPSA) is 106 Å². The number of rotatable bonds is 6. The number of halogens is 2. The molecule has 27 heavy (non-hydrogen) atoms. The Morgan fingerprint density at radius 2 is 1.96 bits per heavy atom. The fourth-order valence-corrected chi connectivity index (χ4v) is 3.67. The zero-order valence-electron chi connectivity index (χ0n) is 14.3. The molecule has 0 radical (unpaired) electrons. The van der Waals surface area contributed by atoms with E-state index in [0.717, 1.165) is 4.31 Å². The van der Waals surface area contributed by atoms with Crippen LogP contribution in [0.2, 0.25) is 5.02 Å². The maximum Gasteiger partial charge on any atom is 0.340 e. The predicted molar refractivity (Wildman–Crippen MR) is 103 cm³/mol. The standard InChI is InChI=1S/C16H15BrClN3O5S/c1-21(2)27(24,25)14-6-12(3-4-13(14)18)20-15(22)9-26-16(23)10-5-11(17)8-19-7-10/h3-8H,9H2,1-2H3,(H,20,22). The van der Waals surface area contributed by atoms with Crippen molar-refractivity contribution in [3.8, 4) is 0 Å². The number of nitrogens with zero attached hydrogens (tertiary/aromatic N) is 2. The van der Waals surface area contributed by atoms with Crippen LogP contribution in [0.15, 0.2) is 46.0 Å². The molecule has 0 atom stereocenters. The monoisotopic (exact) mass is 475 g/mol. The third-order valence-corrected chi connectivity index (χ3v) is 5.98. The number of carbonyl (C=O) groups is 2. The molecule has 1 aromatic heterocycles. The molecule has 0 fully saturated rings. The van der Waals surface area contributed by atoms with Gasteiger partial charge in [-0.05, 0) is 40.2 Å². The lowest BCUT2D eigenvalue weighted by molar-refractivity contribution is -0.119. The van der Waals surface area contributed by atoms with Crippen molar-refractivity contribution in [3.63, 3.8) is 0 Å². The van der Waals surface area contributed by atoms with E-state index in [1.54, 1.807) is 0 Å². The van der Waals surface area contributed by atoms with Gasteiger partial charge >= 0.3 is 5.97 Å². The summed E-state index contributed by atoms with van der Waals surface area (Å²) in [4.78, 5) is 27.6. The highest BCUT2D eigenvalue weighted by Gasteiger charge is 2.21. The Morgan fingerprint density at radius 3 is 2.59 bits per heavy atom. The molecule has 2 aromatic rings. The highest BCUT2D eigenvalue weighted by Crippen LogP contribution is 2.26. The number of hydrogen-bond donors (Lipinski definition) is 1. The minimum absolute atomic E-state index is 0.0234. The number of anilines is 1. The van der Waals surface area contributed by atoms with E-state index >= 15 is 0 Å². The molecule has 1 N–H and O–H groups in total. The molecule has 0 saturated heterocycles. The van der Waals surface area contributed by atoms with Gasteiger partial charge in [0.25, 0.3) is 5.91 Å². The van der Waals surface area contributed by atoms with Crippen molar-refractivity contribution in [2.75, 3.05) is 26.0 Å². The lowest BCUT2D eigenvalue weighted by Crippen LogP contribution is -2.23. The van der Waals surface area contributed by atoms with Crippen LogP contribution in [-0.4, -0.2) is 50.3 Å². The minimum Gasteiger partial charge on any atom is -0.452 e. The van der Waals surface area contributed by atoms with Gasteiger partial charge in [-0.3, -0.25) is 9.78 Å². The third kappa shape index (κ3) is 5.48. The van der Waals surface area contributed by atoms with Gasteiger partial charge in [0.05, 0.1) is 10.6 Å². The fraction of sp³-hybridized carbons (Fsp3) is 0.188. The largest absolute Gasteiger partial charge is 0.452 e. The first-order valence-electron chi connectivity index (χ1n) is 7.41. The summed E-state index contributed by atoms with van der Waals surface area (Å²) >= 11 is 9.13.